The highest BCUT2D eigenvalue weighted by atomic mass is 35.5. The highest BCUT2D eigenvalue weighted by Gasteiger charge is 2.51. The number of hydrogen-bond donors (Lipinski definition) is 1. The molecule has 20 heteroatoms. The first-order chi connectivity index (χ1) is 28.8. The maximum absolute atomic E-state index is 16.7. The molecule has 1 atom stereocenters. The van der Waals surface area contributed by atoms with Crippen molar-refractivity contribution in [1.82, 2.24) is 29.5 Å². The van der Waals surface area contributed by atoms with Gasteiger partial charge in [0.1, 0.15) is 48.1 Å². The number of fused-ring (bicyclic) bond motifs is 1. The van der Waals surface area contributed by atoms with Crippen LogP contribution in [0.3, 0.4) is 0 Å². The first-order valence-electron chi connectivity index (χ1n) is 18.8. The van der Waals surface area contributed by atoms with Crippen molar-refractivity contribution in [3.8, 4) is 39.1 Å². The van der Waals surface area contributed by atoms with Crippen LogP contribution in [0.25, 0.3) is 32.0 Å². The number of nitrogens with zero attached hydrogens (tertiary/aromatic N) is 6. The standard InChI is InChI=1S/C39H35ClF6N6O6S.CH4/c1-22-24(7-8-27(32(22)40)55-18-17-51-15-13-50(2)14-16-51)30-31-35(47-21-48-36(31)59-33(30)28-9-10-29(41)57-28)58-34(37(53)54)39(45,46)25-5-3-4-6-26(25)56-19-23-11-12-49-52(23)20-38(42,43)44;/h3-12,21,34H,13-20H2,1-2H3,(H,53,54);1H4/t34-;/m1./s1/i19D2;. The molecule has 0 radical (unpaired) electrons. The van der Waals surface area contributed by atoms with E-state index in [-0.39, 0.29) is 43.5 Å². The average Bonchev–Trinajstić information content (AvgIpc) is 3.94. The topological polar surface area (TPSA) is 128 Å². The Balaban J connectivity index is 0.00000641. The molecule has 1 fully saturated rings. The van der Waals surface area contributed by atoms with Gasteiger partial charge in [-0.15, -0.1) is 11.3 Å². The van der Waals surface area contributed by atoms with E-state index in [0.29, 0.717) is 30.0 Å². The molecule has 0 saturated carbocycles. The number of thiophene rings is 1. The molecule has 6 aromatic rings. The quantitative estimate of drug-likeness (QED) is 0.0994. The molecule has 1 N–H and O–H groups in total. The van der Waals surface area contributed by atoms with Gasteiger partial charge in [-0.25, -0.2) is 14.8 Å². The minimum absolute atomic E-state index is 0. The predicted molar refractivity (Wildman–Crippen MR) is 211 cm³/mol. The van der Waals surface area contributed by atoms with Gasteiger partial charge >= 0.3 is 18.1 Å². The summed E-state index contributed by atoms with van der Waals surface area (Å²) >= 11 is 7.83. The number of aliphatic carboxylic acids is 1. The fraction of sp³-hybridized carbons (Fsp3) is 0.350. The van der Waals surface area contributed by atoms with Crippen LogP contribution in [-0.4, -0.2) is 99.3 Å². The van der Waals surface area contributed by atoms with Crippen molar-refractivity contribution < 1.29 is 57.6 Å². The number of rotatable bonds is 15. The van der Waals surface area contributed by atoms with Gasteiger partial charge in [-0.2, -0.15) is 31.4 Å². The van der Waals surface area contributed by atoms with Gasteiger partial charge < -0.3 is 28.6 Å². The molecule has 0 spiro atoms. The molecule has 60 heavy (non-hydrogen) atoms. The second kappa shape index (κ2) is 18.1. The van der Waals surface area contributed by atoms with E-state index >= 15 is 8.78 Å². The summed E-state index contributed by atoms with van der Waals surface area (Å²) in [6, 6.07) is 9.52. The van der Waals surface area contributed by atoms with E-state index in [2.05, 4.69) is 31.9 Å². The number of aromatic nitrogens is 4. The van der Waals surface area contributed by atoms with Crippen molar-refractivity contribution in [2.45, 2.75) is 45.7 Å². The SMILES string of the molecule is C.[2H]C([2H])(Oc1ccccc1C(F)(F)[C@H](Oc1ncnc2sc(-c3ccc(F)o3)c(-c3ccc(OCCN4CCN(C)CC4)c(Cl)c3C)c12)C(=O)O)c1ccnn1CC(F)(F)F. The molecule has 7 rings (SSSR count). The largest absolute Gasteiger partial charge is 0.491 e. The lowest BCUT2D eigenvalue weighted by Crippen LogP contribution is -2.45. The van der Waals surface area contributed by atoms with E-state index in [4.69, 9.17) is 33.0 Å². The normalized spacial score (nSPS) is 15.3. The van der Waals surface area contributed by atoms with Crippen LogP contribution in [0.1, 0.15) is 27.0 Å². The number of para-hydroxylation sites is 1. The third kappa shape index (κ3) is 9.48. The molecular formula is C40H39ClF6N6O6S. The van der Waals surface area contributed by atoms with Gasteiger partial charge in [0, 0.05) is 50.6 Å². The van der Waals surface area contributed by atoms with Gasteiger partial charge in [0.2, 0.25) is 5.88 Å². The first-order valence-corrected chi connectivity index (χ1v) is 19.0. The summed E-state index contributed by atoms with van der Waals surface area (Å²) in [5.74, 6) is -7.88. The maximum Gasteiger partial charge on any atom is 0.408 e. The van der Waals surface area contributed by atoms with E-state index in [1.807, 2.05) is 0 Å². The Labute approximate surface area is 351 Å². The number of hydrogen-bond acceptors (Lipinski definition) is 11. The van der Waals surface area contributed by atoms with Crippen molar-refractivity contribution in [2.75, 3.05) is 46.4 Å². The van der Waals surface area contributed by atoms with Crippen molar-refractivity contribution in [1.29, 1.82) is 0 Å². The number of carbonyl (C=O) groups is 1. The Bertz CT molecular complexity index is 2550. The summed E-state index contributed by atoms with van der Waals surface area (Å²) in [4.78, 5) is 26.0. The van der Waals surface area contributed by atoms with E-state index in [1.54, 1.807) is 19.1 Å². The average molecular weight is 883 g/mol. The summed E-state index contributed by atoms with van der Waals surface area (Å²) in [7, 11) is 2.06. The van der Waals surface area contributed by atoms with Crippen molar-refractivity contribution >= 4 is 39.1 Å². The second-order valence-corrected chi connectivity index (χ2v) is 14.8. The van der Waals surface area contributed by atoms with Gasteiger partial charge in [-0.1, -0.05) is 37.2 Å². The number of carboxylic acids is 1. The van der Waals surface area contributed by atoms with E-state index in [0.717, 1.165) is 80.4 Å². The minimum Gasteiger partial charge on any atom is -0.491 e. The molecule has 0 aliphatic carbocycles. The summed E-state index contributed by atoms with van der Waals surface area (Å²) in [5.41, 5.74) is -0.929. The zero-order valence-corrected chi connectivity index (χ0v) is 32.7. The van der Waals surface area contributed by atoms with Crippen LogP contribution >= 0.6 is 22.9 Å². The fourth-order valence-corrected chi connectivity index (χ4v) is 7.78. The number of alkyl halides is 5. The monoisotopic (exact) mass is 882 g/mol. The van der Waals surface area contributed by atoms with Crippen LogP contribution < -0.4 is 14.2 Å². The third-order valence-electron chi connectivity index (χ3n) is 9.47. The van der Waals surface area contributed by atoms with E-state index in [9.17, 15) is 27.5 Å². The van der Waals surface area contributed by atoms with Crippen LogP contribution in [0.4, 0.5) is 26.3 Å². The van der Waals surface area contributed by atoms with Gasteiger partial charge in [-0.3, -0.25) is 9.58 Å². The number of piperazine rings is 1. The van der Waals surface area contributed by atoms with Crippen LogP contribution in [0, 0.1) is 12.9 Å². The Kier molecular flexibility index (Phi) is 12.5. The highest BCUT2D eigenvalue weighted by molar-refractivity contribution is 7.22. The van der Waals surface area contributed by atoms with Crippen LogP contribution in [0.15, 0.2) is 71.5 Å². The van der Waals surface area contributed by atoms with Crippen LogP contribution in [0.5, 0.6) is 17.4 Å². The number of benzene rings is 2. The molecule has 2 aromatic carbocycles. The lowest BCUT2D eigenvalue weighted by Gasteiger charge is -2.32. The summed E-state index contributed by atoms with van der Waals surface area (Å²) < 4.78 is 127. The summed E-state index contributed by atoms with van der Waals surface area (Å²) in [6.07, 6.45) is -6.06. The fourth-order valence-electron chi connectivity index (χ4n) is 6.45. The van der Waals surface area contributed by atoms with E-state index < -0.39 is 66.2 Å². The Morgan fingerprint density at radius 3 is 2.48 bits per heavy atom. The van der Waals surface area contributed by atoms with Gasteiger partial charge in [-0.05, 0) is 55.4 Å². The molecule has 0 bridgehead atoms. The number of ether oxygens (including phenoxy) is 3. The zero-order valence-electron chi connectivity index (χ0n) is 33.1. The molecule has 1 saturated heterocycles. The van der Waals surface area contributed by atoms with Gasteiger partial charge in [0.25, 0.3) is 12.1 Å². The van der Waals surface area contributed by atoms with Crippen molar-refractivity contribution in [3.63, 3.8) is 0 Å². The molecule has 0 unspecified atom stereocenters. The molecule has 320 valence electrons. The molecule has 1 aliphatic rings. The van der Waals surface area contributed by atoms with Crippen molar-refractivity contribution in [2.24, 2.45) is 0 Å². The number of furan rings is 1. The smallest absolute Gasteiger partial charge is 0.408 e. The second-order valence-electron chi connectivity index (χ2n) is 13.5. The molecule has 4 aromatic heterocycles. The lowest BCUT2D eigenvalue weighted by atomic mass is 9.97. The minimum atomic E-state index is -4.81. The summed E-state index contributed by atoms with van der Waals surface area (Å²) in [5, 5.41) is 13.9. The van der Waals surface area contributed by atoms with Crippen molar-refractivity contribution in [3.05, 3.63) is 95.0 Å². The Morgan fingerprint density at radius 1 is 1.03 bits per heavy atom. The number of carboxylic acid groups (broad SMARTS) is 1. The number of likely N-dealkylation sites (N-methyl/N-ethyl adjacent to an activating group) is 1. The highest BCUT2D eigenvalue weighted by Crippen LogP contribution is 2.50. The molecule has 0 amide bonds. The Hall–Kier alpha value is -5.37. The number of halogens is 7. The molecule has 1 aliphatic heterocycles. The van der Waals surface area contributed by atoms with E-state index in [1.165, 1.54) is 12.1 Å². The molecule has 12 nitrogen and oxygen atoms in total. The maximum atomic E-state index is 16.7. The Morgan fingerprint density at radius 2 is 1.78 bits per heavy atom. The zero-order chi connectivity index (χ0) is 43.9. The first kappa shape index (κ1) is 41.4. The van der Waals surface area contributed by atoms with Gasteiger partial charge in [0.05, 0.1) is 29.3 Å². The molecule has 5 heterocycles. The van der Waals surface area contributed by atoms with Gasteiger partial charge in [0.15, 0.2) is 0 Å². The lowest BCUT2D eigenvalue weighted by molar-refractivity contribution is -0.169. The molecular weight excluding hydrogens is 842 g/mol. The van der Waals surface area contributed by atoms with Crippen LogP contribution in [-0.2, 0) is 23.8 Å². The predicted octanol–water partition coefficient (Wildman–Crippen LogP) is 8.94. The third-order valence-corrected chi connectivity index (χ3v) is 11.1. The van der Waals surface area contributed by atoms with Crippen LogP contribution in [0.2, 0.25) is 5.02 Å². The summed E-state index contributed by atoms with van der Waals surface area (Å²) in [6.45, 7) is 1.39.